The van der Waals surface area contributed by atoms with Crippen molar-refractivity contribution < 1.29 is 14.3 Å². The van der Waals surface area contributed by atoms with Crippen molar-refractivity contribution in [2.75, 3.05) is 25.1 Å². The fraction of sp³-hybridized carbons (Fsp3) is 0.316. The lowest BCUT2D eigenvalue weighted by molar-refractivity contribution is 0.0730. The smallest absolute Gasteiger partial charge is 0.347 e. The molecule has 0 spiro atoms. The van der Waals surface area contributed by atoms with Crippen LogP contribution < -0.4 is 14.4 Å². The Bertz CT molecular complexity index is 808. The van der Waals surface area contributed by atoms with E-state index in [9.17, 15) is 4.79 Å². The number of hydrogen-bond donors (Lipinski definition) is 0. The molecule has 0 unspecified atom stereocenters. The molecule has 0 saturated carbocycles. The third kappa shape index (κ3) is 3.72. The summed E-state index contributed by atoms with van der Waals surface area (Å²) in [5.41, 5.74) is 0.864. The van der Waals surface area contributed by atoms with Crippen LogP contribution in [0.4, 0.5) is 5.82 Å². The Hall–Kier alpha value is -3.07. The molecule has 0 atom stereocenters. The third-order valence-electron chi connectivity index (χ3n) is 4.16. The maximum absolute atomic E-state index is 12.7. The number of ether oxygens (including phenoxy) is 2. The number of anilines is 1. The van der Waals surface area contributed by atoms with E-state index in [1.807, 2.05) is 6.07 Å². The fourth-order valence-corrected chi connectivity index (χ4v) is 2.89. The Labute approximate surface area is 146 Å². The summed E-state index contributed by atoms with van der Waals surface area (Å²) < 4.78 is 10.7. The van der Waals surface area contributed by atoms with Crippen LogP contribution in [-0.2, 0) is 0 Å². The molecule has 2 aromatic rings. The normalized spacial score (nSPS) is 13.8. The Morgan fingerprint density at radius 3 is 2.72 bits per heavy atom. The van der Waals surface area contributed by atoms with E-state index in [2.05, 4.69) is 9.88 Å². The van der Waals surface area contributed by atoms with E-state index < -0.39 is 5.97 Å². The number of nitriles is 1. The summed E-state index contributed by atoms with van der Waals surface area (Å²) in [6, 6.07) is 10.2. The van der Waals surface area contributed by atoms with Crippen molar-refractivity contribution in [2.45, 2.75) is 19.3 Å². The largest absolute Gasteiger partial charge is 0.493 e. The van der Waals surface area contributed by atoms with E-state index in [-0.39, 0.29) is 5.75 Å². The summed E-state index contributed by atoms with van der Waals surface area (Å²) in [6.45, 7) is 1.77. The van der Waals surface area contributed by atoms with E-state index in [0.717, 1.165) is 25.9 Å². The first kappa shape index (κ1) is 16.8. The number of nitrogens with zero attached hydrogens (tertiary/aromatic N) is 3. The summed E-state index contributed by atoms with van der Waals surface area (Å²) in [5, 5.41) is 8.96. The minimum Gasteiger partial charge on any atom is -0.493 e. The highest BCUT2D eigenvalue weighted by atomic mass is 16.6. The van der Waals surface area contributed by atoms with Gasteiger partial charge in [-0.3, -0.25) is 0 Å². The topological polar surface area (TPSA) is 75.5 Å². The second kappa shape index (κ2) is 7.67. The van der Waals surface area contributed by atoms with Crippen LogP contribution in [0.25, 0.3) is 0 Å². The van der Waals surface area contributed by atoms with Crippen molar-refractivity contribution >= 4 is 11.8 Å². The highest BCUT2D eigenvalue weighted by molar-refractivity contribution is 5.96. The zero-order valence-corrected chi connectivity index (χ0v) is 14.1. The van der Waals surface area contributed by atoms with Crippen molar-refractivity contribution in [1.82, 2.24) is 4.98 Å². The molecule has 0 aliphatic carbocycles. The number of pyridine rings is 1. The summed E-state index contributed by atoms with van der Waals surface area (Å²) in [7, 11) is 1.47. The first-order valence-corrected chi connectivity index (χ1v) is 8.23. The lowest BCUT2D eigenvalue weighted by atomic mass is 10.1. The van der Waals surface area contributed by atoms with Crippen molar-refractivity contribution in [2.24, 2.45) is 0 Å². The average Bonchev–Trinajstić information content (AvgIpc) is 2.69. The second-order valence-corrected chi connectivity index (χ2v) is 5.79. The van der Waals surface area contributed by atoms with Crippen molar-refractivity contribution in [3.63, 3.8) is 0 Å². The molecule has 0 radical (unpaired) electrons. The lowest BCUT2D eigenvalue weighted by Gasteiger charge is -2.28. The minimum absolute atomic E-state index is 0.278. The predicted molar refractivity (Wildman–Crippen MR) is 93.0 cm³/mol. The van der Waals surface area contributed by atoms with E-state index in [1.54, 1.807) is 30.5 Å². The number of carbonyl (C=O) groups is 1. The van der Waals surface area contributed by atoms with Gasteiger partial charge in [0.1, 0.15) is 11.4 Å². The molecule has 1 fully saturated rings. The highest BCUT2D eigenvalue weighted by Crippen LogP contribution is 2.30. The molecule has 1 aromatic heterocycles. The number of rotatable bonds is 4. The van der Waals surface area contributed by atoms with Gasteiger partial charge in [0.2, 0.25) is 0 Å². The van der Waals surface area contributed by atoms with Crippen LogP contribution in [0, 0.1) is 11.3 Å². The van der Waals surface area contributed by atoms with Gasteiger partial charge in [0, 0.05) is 25.4 Å². The fourth-order valence-electron chi connectivity index (χ4n) is 2.89. The highest BCUT2D eigenvalue weighted by Gasteiger charge is 2.22. The van der Waals surface area contributed by atoms with E-state index in [0.29, 0.717) is 22.7 Å². The quantitative estimate of drug-likeness (QED) is 0.630. The van der Waals surface area contributed by atoms with E-state index >= 15 is 0 Å². The molecule has 128 valence electrons. The van der Waals surface area contributed by atoms with E-state index in [1.165, 1.54) is 19.6 Å². The van der Waals surface area contributed by atoms with Gasteiger partial charge in [-0.25, -0.2) is 9.78 Å². The number of esters is 1. The van der Waals surface area contributed by atoms with Gasteiger partial charge in [0.25, 0.3) is 0 Å². The molecule has 6 nitrogen and oxygen atoms in total. The molecule has 6 heteroatoms. The molecule has 0 bridgehead atoms. The molecular weight excluding hydrogens is 318 g/mol. The van der Waals surface area contributed by atoms with Crippen LogP contribution in [0.5, 0.6) is 11.5 Å². The molecular formula is C19H19N3O3. The van der Waals surface area contributed by atoms with Gasteiger partial charge in [0.15, 0.2) is 11.5 Å². The van der Waals surface area contributed by atoms with Gasteiger partial charge in [0.05, 0.1) is 18.7 Å². The number of carbonyl (C=O) groups excluding carboxylic acids is 1. The zero-order valence-electron chi connectivity index (χ0n) is 14.1. The molecule has 0 amide bonds. The molecule has 1 aliphatic heterocycles. The number of piperidine rings is 1. The molecule has 1 saturated heterocycles. The van der Waals surface area contributed by atoms with Gasteiger partial charge >= 0.3 is 5.97 Å². The zero-order chi connectivity index (χ0) is 17.6. The van der Waals surface area contributed by atoms with Crippen molar-refractivity contribution in [3.05, 3.63) is 47.7 Å². The molecule has 3 rings (SSSR count). The number of hydrogen-bond acceptors (Lipinski definition) is 6. The minimum atomic E-state index is -0.489. The van der Waals surface area contributed by atoms with Crippen LogP contribution in [0.3, 0.4) is 0 Å². The van der Waals surface area contributed by atoms with Crippen LogP contribution in [0.2, 0.25) is 0 Å². The predicted octanol–water partition coefficient (Wildman–Crippen LogP) is 3.17. The Kier molecular flexibility index (Phi) is 5.14. The SMILES string of the molecule is COc1cc(C#N)ccc1OC(=O)c1cccnc1N1CCCCC1. The number of benzene rings is 1. The molecule has 25 heavy (non-hydrogen) atoms. The standard InChI is InChI=1S/C19H19N3O3/c1-24-17-12-14(13-20)7-8-16(17)25-19(23)15-6-5-9-21-18(15)22-10-3-2-4-11-22/h5-9,12H,2-4,10-11H2,1H3. The van der Waals surface area contributed by atoms with Crippen LogP contribution in [-0.4, -0.2) is 31.2 Å². The number of aromatic nitrogens is 1. The second-order valence-electron chi connectivity index (χ2n) is 5.79. The maximum Gasteiger partial charge on any atom is 0.347 e. The molecule has 0 N–H and O–H groups in total. The van der Waals surface area contributed by atoms with Crippen molar-refractivity contribution in [3.8, 4) is 17.6 Å². The first-order chi connectivity index (χ1) is 12.2. The Morgan fingerprint density at radius 2 is 2.00 bits per heavy atom. The average molecular weight is 337 g/mol. The maximum atomic E-state index is 12.7. The monoisotopic (exact) mass is 337 g/mol. The molecule has 2 heterocycles. The van der Waals surface area contributed by atoms with Gasteiger partial charge in [-0.2, -0.15) is 5.26 Å². The van der Waals surface area contributed by atoms with Gasteiger partial charge < -0.3 is 14.4 Å². The van der Waals surface area contributed by atoms with Gasteiger partial charge in [-0.05, 0) is 43.5 Å². The Morgan fingerprint density at radius 1 is 1.20 bits per heavy atom. The van der Waals surface area contributed by atoms with Crippen LogP contribution in [0.15, 0.2) is 36.5 Å². The van der Waals surface area contributed by atoms with Gasteiger partial charge in [-0.15, -0.1) is 0 Å². The van der Waals surface area contributed by atoms with Crippen molar-refractivity contribution in [1.29, 1.82) is 5.26 Å². The third-order valence-corrected chi connectivity index (χ3v) is 4.16. The summed E-state index contributed by atoms with van der Waals surface area (Å²) in [6.07, 6.45) is 5.07. The molecule has 1 aliphatic rings. The summed E-state index contributed by atoms with van der Waals surface area (Å²) in [4.78, 5) is 19.2. The molecule has 1 aromatic carbocycles. The first-order valence-electron chi connectivity index (χ1n) is 8.23. The number of methoxy groups -OCH3 is 1. The Balaban J connectivity index is 1.86. The lowest BCUT2D eigenvalue weighted by Crippen LogP contribution is -2.32. The van der Waals surface area contributed by atoms with Crippen LogP contribution >= 0.6 is 0 Å². The summed E-state index contributed by atoms with van der Waals surface area (Å²) >= 11 is 0. The van der Waals surface area contributed by atoms with E-state index in [4.69, 9.17) is 14.7 Å². The van der Waals surface area contributed by atoms with Crippen LogP contribution in [0.1, 0.15) is 35.2 Å². The summed E-state index contributed by atoms with van der Waals surface area (Å²) in [5.74, 6) is 0.784. The van der Waals surface area contributed by atoms with Gasteiger partial charge in [-0.1, -0.05) is 0 Å².